The molecule has 1 aliphatic rings. The topological polar surface area (TPSA) is 81.7 Å². The van der Waals surface area contributed by atoms with Gasteiger partial charge in [-0.1, -0.05) is 12.2 Å². The van der Waals surface area contributed by atoms with E-state index in [-0.39, 0.29) is 18.5 Å². The second kappa shape index (κ2) is 8.12. The molecule has 23 heavy (non-hydrogen) atoms. The first kappa shape index (κ1) is 16.7. The number of methoxy groups -OCH3 is 1. The van der Waals surface area contributed by atoms with Crippen molar-refractivity contribution >= 4 is 23.5 Å². The molecule has 0 unspecified atom stereocenters. The number of carbonyl (C=O) groups excluding carboxylic acids is 3. The van der Waals surface area contributed by atoms with Crippen molar-refractivity contribution in [3.05, 3.63) is 42.0 Å². The molecule has 122 valence electrons. The molecule has 0 spiro atoms. The molecule has 0 aromatic heterocycles. The van der Waals surface area contributed by atoms with E-state index in [1.165, 1.54) is 7.11 Å². The molecule has 1 aliphatic carbocycles. The van der Waals surface area contributed by atoms with Crippen molar-refractivity contribution in [3.63, 3.8) is 0 Å². The predicted octanol–water partition coefficient (Wildman–Crippen LogP) is 2.31. The molecule has 6 heteroatoms. The first-order chi connectivity index (χ1) is 11.1. The van der Waals surface area contributed by atoms with Crippen LogP contribution in [0.5, 0.6) is 0 Å². The van der Waals surface area contributed by atoms with E-state index in [2.05, 4.69) is 10.1 Å². The molecule has 2 rings (SSSR count). The number of carbonyl (C=O) groups is 3. The molecule has 0 heterocycles. The molecule has 0 radical (unpaired) electrons. The van der Waals surface area contributed by atoms with Gasteiger partial charge in [0.1, 0.15) is 0 Å². The lowest BCUT2D eigenvalue weighted by atomic mass is 10.1. The van der Waals surface area contributed by atoms with E-state index in [4.69, 9.17) is 4.74 Å². The molecule has 1 amide bonds. The van der Waals surface area contributed by atoms with Gasteiger partial charge in [-0.2, -0.15) is 0 Å². The number of allylic oxidation sites excluding steroid dienone is 2. The second-order valence-electron chi connectivity index (χ2n) is 5.25. The van der Waals surface area contributed by atoms with Crippen molar-refractivity contribution in [1.29, 1.82) is 0 Å². The Bertz CT molecular complexity index is 606. The smallest absolute Gasteiger partial charge is 0.337 e. The Morgan fingerprint density at radius 1 is 1.22 bits per heavy atom. The average Bonchev–Trinajstić information content (AvgIpc) is 3.06. The van der Waals surface area contributed by atoms with Crippen LogP contribution >= 0.6 is 0 Å². The fourth-order valence-electron chi connectivity index (χ4n) is 2.29. The van der Waals surface area contributed by atoms with Crippen LogP contribution in [0.1, 0.15) is 29.6 Å². The summed E-state index contributed by atoms with van der Waals surface area (Å²) >= 11 is 0. The summed E-state index contributed by atoms with van der Waals surface area (Å²) in [5, 5.41) is 2.59. The Morgan fingerprint density at radius 3 is 2.57 bits per heavy atom. The van der Waals surface area contributed by atoms with Crippen molar-refractivity contribution in [2.24, 2.45) is 5.92 Å². The maximum atomic E-state index is 11.7. The number of hydrogen-bond acceptors (Lipinski definition) is 5. The standard InChI is InChI=1S/C17H19NO5/c1-22-17(21)13-6-8-14(9-7-13)18-15(19)11-23-16(20)10-12-4-2-3-5-12/h2,4,6-9,12H,3,5,10-11H2,1H3,(H,18,19)/t12-/m1/s1. The number of rotatable bonds is 6. The molecule has 0 saturated heterocycles. The third-order valence-corrected chi connectivity index (χ3v) is 3.50. The van der Waals surface area contributed by atoms with Gasteiger partial charge in [-0.25, -0.2) is 4.79 Å². The van der Waals surface area contributed by atoms with Crippen LogP contribution in [0.3, 0.4) is 0 Å². The maximum Gasteiger partial charge on any atom is 0.337 e. The van der Waals surface area contributed by atoms with Gasteiger partial charge in [0.25, 0.3) is 5.91 Å². The highest BCUT2D eigenvalue weighted by atomic mass is 16.5. The van der Waals surface area contributed by atoms with Gasteiger partial charge >= 0.3 is 11.9 Å². The monoisotopic (exact) mass is 317 g/mol. The Labute approximate surface area is 134 Å². The SMILES string of the molecule is COC(=O)c1ccc(NC(=O)COC(=O)C[C@@H]2C=CCC2)cc1. The fraction of sp³-hybridized carbons (Fsp3) is 0.353. The average molecular weight is 317 g/mol. The van der Waals surface area contributed by atoms with Crippen LogP contribution in [-0.2, 0) is 19.1 Å². The summed E-state index contributed by atoms with van der Waals surface area (Å²) < 4.78 is 9.55. The number of amides is 1. The maximum absolute atomic E-state index is 11.7. The van der Waals surface area contributed by atoms with Crippen LogP contribution in [0.2, 0.25) is 0 Å². The first-order valence-corrected chi connectivity index (χ1v) is 7.39. The second-order valence-corrected chi connectivity index (χ2v) is 5.25. The summed E-state index contributed by atoms with van der Waals surface area (Å²) in [5.41, 5.74) is 0.902. The number of benzene rings is 1. The van der Waals surface area contributed by atoms with Gasteiger partial charge in [-0.3, -0.25) is 9.59 Å². The van der Waals surface area contributed by atoms with Crippen molar-refractivity contribution in [3.8, 4) is 0 Å². The summed E-state index contributed by atoms with van der Waals surface area (Å²) in [7, 11) is 1.30. The molecule has 1 aromatic rings. The van der Waals surface area contributed by atoms with Gasteiger partial charge in [0.2, 0.25) is 0 Å². The van der Waals surface area contributed by atoms with Crippen molar-refractivity contribution in [2.75, 3.05) is 19.0 Å². The molecule has 1 atom stereocenters. The van der Waals surface area contributed by atoms with Gasteiger partial charge in [-0.05, 0) is 43.0 Å². The molecule has 1 N–H and O–H groups in total. The zero-order valence-corrected chi connectivity index (χ0v) is 12.9. The van der Waals surface area contributed by atoms with Crippen molar-refractivity contribution < 1.29 is 23.9 Å². The van der Waals surface area contributed by atoms with Gasteiger partial charge in [-0.15, -0.1) is 0 Å². The van der Waals surface area contributed by atoms with E-state index in [9.17, 15) is 14.4 Å². The van der Waals surface area contributed by atoms with Crippen molar-refractivity contribution in [2.45, 2.75) is 19.3 Å². The Balaban J connectivity index is 1.74. The first-order valence-electron chi connectivity index (χ1n) is 7.39. The summed E-state index contributed by atoms with van der Waals surface area (Å²) in [6.45, 7) is -0.325. The molecule has 6 nitrogen and oxygen atoms in total. The van der Waals surface area contributed by atoms with E-state index in [1.807, 2.05) is 12.2 Å². The highest BCUT2D eigenvalue weighted by Crippen LogP contribution is 2.20. The number of nitrogens with one attached hydrogen (secondary N) is 1. The number of ether oxygens (including phenoxy) is 2. The van der Waals surface area contributed by atoms with Crippen LogP contribution in [-0.4, -0.2) is 31.6 Å². The normalized spacial score (nSPS) is 16.0. The summed E-state index contributed by atoms with van der Waals surface area (Å²) in [6.07, 6.45) is 6.29. The largest absolute Gasteiger partial charge is 0.465 e. The van der Waals surface area contributed by atoms with Crippen LogP contribution in [0.25, 0.3) is 0 Å². The number of esters is 2. The van der Waals surface area contributed by atoms with E-state index in [1.54, 1.807) is 24.3 Å². The summed E-state index contributed by atoms with van der Waals surface area (Å²) in [5.74, 6) is -1.03. The zero-order chi connectivity index (χ0) is 16.7. The van der Waals surface area contributed by atoms with Gasteiger partial charge in [0, 0.05) is 5.69 Å². The number of anilines is 1. The van der Waals surface area contributed by atoms with Crippen molar-refractivity contribution in [1.82, 2.24) is 0 Å². The minimum atomic E-state index is -0.447. The Hall–Kier alpha value is -2.63. The minimum absolute atomic E-state index is 0.219. The Morgan fingerprint density at radius 2 is 1.96 bits per heavy atom. The Kier molecular flexibility index (Phi) is 5.91. The van der Waals surface area contributed by atoms with Crippen LogP contribution < -0.4 is 5.32 Å². The van der Waals surface area contributed by atoms with Gasteiger partial charge in [0.15, 0.2) is 6.61 Å². The summed E-state index contributed by atoms with van der Waals surface area (Å²) in [6, 6.07) is 6.24. The third kappa shape index (κ3) is 5.25. The molecule has 1 aromatic carbocycles. The molecule has 0 bridgehead atoms. The summed E-state index contributed by atoms with van der Waals surface area (Å²) in [4.78, 5) is 34.7. The molecule has 0 saturated carbocycles. The molecular weight excluding hydrogens is 298 g/mol. The molecular formula is C17H19NO5. The minimum Gasteiger partial charge on any atom is -0.465 e. The lowest BCUT2D eigenvalue weighted by Gasteiger charge is -2.09. The highest BCUT2D eigenvalue weighted by Gasteiger charge is 2.16. The fourth-order valence-corrected chi connectivity index (χ4v) is 2.29. The van der Waals surface area contributed by atoms with E-state index in [0.29, 0.717) is 17.7 Å². The van der Waals surface area contributed by atoms with Crippen LogP contribution in [0.15, 0.2) is 36.4 Å². The highest BCUT2D eigenvalue weighted by molar-refractivity contribution is 5.94. The predicted molar refractivity (Wildman–Crippen MR) is 83.9 cm³/mol. The lowest BCUT2D eigenvalue weighted by molar-refractivity contribution is -0.147. The number of hydrogen-bond donors (Lipinski definition) is 1. The van der Waals surface area contributed by atoms with E-state index < -0.39 is 11.9 Å². The van der Waals surface area contributed by atoms with Gasteiger partial charge < -0.3 is 14.8 Å². The van der Waals surface area contributed by atoms with E-state index in [0.717, 1.165) is 12.8 Å². The van der Waals surface area contributed by atoms with Crippen LogP contribution in [0.4, 0.5) is 5.69 Å². The third-order valence-electron chi connectivity index (χ3n) is 3.50. The van der Waals surface area contributed by atoms with E-state index >= 15 is 0 Å². The molecule has 0 aliphatic heterocycles. The zero-order valence-electron chi connectivity index (χ0n) is 12.9. The quantitative estimate of drug-likeness (QED) is 0.643. The van der Waals surface area contributed by atoms with Crippen LogP contribution in [0, 0.1) is 5.92 Å². The lowest BCUT2D eigenvalue weighted by Crippen LogP contribution is -2.21. The van der Waals surface area contributed by atoms with Gasteiger partial charge in [0.05, 0.1) is 19.1 Å². The molecule has 0 fully saturated rings.